The average Bonchev–Trinajstić information content (AvgIpc) is 2.81. The molecule has 0 spiro atoms. The van der Waals surface area contributed by atoms with Crippen LogP contribution in [0.15, 0.2) is 6.20 Å². The summed E-state index contributed by atoms with van der Waals surface area (Å²) in [5.74, 6) is 1.80. The van der Waals surface area contributed by atoms with E-state index in [4.69, 9.17) is 0 Å². The number of nitrogens with zero attached hydrogens (tertiary/aromatic N) is 4. The van der Waals surface area contributed by atoms with Crippen molar-refractivity contribution in [3.8, 4) is 0 Å². The Morgan fingerprint density at radius 3 is 2.35 bits per heavy atom. The molecule has 0 aromatic carbocycles. The van der Waals surface area contributed by atoms with E-state index in [1.165, 1.54) is 37.4 Å². The third-order valence-electron chi connectivity index (χ3n) is 4.25. The minimum Gasteiger partial charge on any atom is -0.306 e. The van der Waals surface area contributed by atoms with Gasteiger partial charge in [0.1, 0.15) is 0 Å². The van der Waals surface area contributed by atoms with Gasteiger partial charge in [-0.3, -0.25) is 9.58 Å². The molecule has 1 aromatic heterocycles. The van der Waals surface area contributed by atoms with Gasteiger partial charge in [-0.2, -0.15) is 5.10 Å². The van der Waals surface area contributed by atoms with E-state index in [-0.39, 0.29) is 0 Å². The molecule has 2 fully saturated rings. The van der Waals surface area contributed by atoms with Crippen LogP contribution in [0.3, 0.4) is 0 Å². The Hall–Kier alpha value is -0.870. The van der Waals surface area contributed by atoms with Gasteiger partial charge in [0.05, 0.1) is 5.69 Å². The zero-order valence-electron chi connectivity index (χ0n) is 11.1. The van der Waals surface area contributed by atoms with Gasteiger partial charge in [-0.1, -0.05) is 0 Å². The molecular weight excluding hydrogens is 212 g/mol. The van der Waals surface area contributed by atoms with Gasteiger partial charge in [0, 0.05) is 51.5 Å². The molecule has 2 aliphatic heterocycles. The maximum Gasteiger partial charge on any atom is 0.0638 e. The van der Waals surface area contributed by atoms with Crippen molar-refractivity contribution in [3.63, 3.8) is 0 Å². The first kappa shape index (κ1) is 11.2. The number of hydrogen-bond donors (Lipinski definition) is 0. The summed E-state index contributed by atoms with van der Waals surface area (Å²) in [4.78, 5) is 5.08. The molecule has 3 heterocycles. The standard InChI is InChI=1S/C13H22N4/c1-10-11(6-16(3)14-10)7-17-8-12-4-15(2)5-13(12)9-17/h6,12-13H,4-5,7-9H2,1-3H3. The van der Waals surface area contributed by atoms with Gasteiger partial charge < -0.3 is 4.90 Å². The number of aryl methyl sites for hydroxylation is 2. The highest BCUT2D eigenvalue weighted by molar-refractivity contribution is 5.15. The van der Waals surface area contributed by atoms with E-state index in [9.17, 15) is 0 Å². The molecule has 0 aliphatic carbocycles. The van der Waals surface area contributed by atoms with Gasteiger partial charge in [0.2, 0.25) is 0 Å². The topological polar surface area (TPSA) is 24.3 Å². The summed E-state index contributed by atoms with van der Waals surface area (Å²) < 4.78 is 1.93. The van der Waals surface area contributed by atoms with Crippen LogP contribution in [0.1, 0.15) is 11.3 Å². The van der Waals surface area contributed by atoms with E-state index < -0.39 is 0 Å². The maximum absolute atomic E-state index is 4.42. The molecule has 0 amide bonds. The Morgan fingerprint density at radius 2 is 1.82 bits per heavy atom. The molecule has 4 heteroatoms. The molecule has 3 rings (SSSR count). The van der Waals surface area contributed by atoms with Gasteiger partial charge in [0.25, 0.3) is 0 Å². The van der Waals surface area contributed by atoms with Gasteiger partial charge in [0.15, 0.2) is 0 Å². The Morgan fingerprint density at radius 1 is 1.18 bits per heavy atom. The van der Waals surface area contributed by atoms with Crippen LogP contribution in [0.5, 0.6) is 0 Å². The molecule has 0 saturated carbocycles. The van der Waals surface area contributed by atoms with Crippen molar-refractivity contribution in [2.45, 2.75) is 13.5 Å². The van der Waals surface area contributed by atoms with Crippen LogP contribution in [-0.4, -0.2) is 52.8 Å². The minimum atomic E-state index is 0.900. The van der Waals surface area contributed by atoms with Crippen LogP contribution in [-0.2, 0) is 13.6 Å². The van der Waals surface area contributed by atoms with Crippen molar-refractivity contribution in [2.75, 3.05) is 33.2 Å². The second-order valence-corrected chi connectivity index (χ2v) is 5.85. The Bertz CT molecular complexity index is 398. The Kier molecular flexibility index (Phi) is 2.71. The largest absolute Gasteiger partial charge is 0.306 e. The number of rotatable bonds is 2. The van der Waals surface area contributed by atoms with Gasteiger partial charge >= 0.3 is 0 Å². The molecule has 2 aliphatic rings. The van der Waals surface area contributed by atoms with Crippen molar-refractivity contribution in [3.05, 3.63) is 17.5 Å². The van der Waals surface area contributed by atoms with Crippen molar-refractivity contribution < 1.29 is 0 Å². The Labute approximate surface area is 103 Å². The monoisotopic (exact) mass is 234 g/mol. The first-order valence-electron chi connectivity index (χ1n) is 6.52. The number of fused-ring (bicyclic) bond motifs is 1. The summed E-state index contributed by atoms with van der Waals surface area (Å²) in [6.07, 6.45) is 2.16. The Balaban J connectivity index is 1.63. The second-order valence-electron chi connectivity index (χ2n) is 5.85. The molecule has 1 aromatic rings. The molecule has 4 nitrogen and oxygen atoms in total. The summed E-state index contributed by atoms with van der Waals surface area (Å²) in [5.41, 5.74) is 2.57. The summed E-state index contributed by atoms with van der Waals surface area (Å²) >= 11 is 0. The molecule has 2 unspecified atom stereocenters. The number of hydrogen-bond acceptors (Lipinski definition) is 3. The third kappa shape index (κ3) is 2.11. The van der Waals surface area contributed by atoms with Crippen LogP contribution in [0, 0.1) is 18.8 Å². The lowest BCUT2D eigenvalue weighted by atomic mass is 10.0. The maximum atomic E-state index is 4.42. The smallest absolute Gasteiger partial charge is 0.0638 e. The lowest BCUT2D eigenvalue weighted by molar-refractivity contribution is 0.271. The fraction of sp³-hybridized carbons (Fsp3) is 0.769. The average molecular weight is 234 g/mol. The number of likely N-dealkylation sites (tertiary alicyclic amines) is 2. The minimum absolute atomic E-state index is 0.900. The van der Waals surface area contributed by atoms with Crippen molar-refractivity contribution in [2.24, 2.45) is 18.9 Å². The first-order valence-corrected chi connectivity index (χ1v) is 6.52. The predicted octanol–water partition coefficient (Wildman–Crippen LogP) is 0.722. The SMILES string of the molecule is Cc1nn(C)cc1CN1CC2CN(C)CC2C1. The highest BCUT2D eigenvalue weighted by atomic mass is 15.3. The molecule has 0 bridgehead atoms. The van der Waals surface area contributed by atoms with Gasteiger partial charge in [-0.25, -0.2) is 0 Å². The van der Waals surface area contributed by atoms with Crippen LogP contribution >= 0.6 is 0 Å². The quantitative estimate of drug-likeness (QED) is 0.754. The molecule has 94 valence electrons. The van der Waals surface area contributed by atoms with Crippen molar-refractivity contribution in [1.82, 2.24) is 19.6 Å². The highest BCUT2D eigenvalue weighted by Crippen LogP contribution is 2.31. The van der Waals surface area contributed by atoms with Crippen LogP contribution in [0.25, 0.3) is 0 Å². The highest BCUT2D eigenvalue weighted by Gasteiger charge is 2.38. The second kappa shape index (κ2) is 4.10. The van der Waals surface area contributed by atoms with Gasteiger partial charge in [-0.15, -0.1) is 0 Å². The van der Waals surface area contributed by atoms with E-state index in [2.05, 4.69) is 35.1 Å². The first-order chi connectivity index (χ1) is 8.11. The normalized spacial score (nSPS) is 30.1. The summed E-state index contributed by atoms with van der Waals surface area (Å²) in [6, 6.07) is 0. The van der Waals surface area contributed by atoms with E-state index in [1.807, 2.05) is 11.7 Å². The molecular formula is C13H22N4. The van der Waals surface area contributed by atoms with Crippen LogP contribution < -0.4 is 0 Å². The zero-order chi connectivity index (χ0) is 12.0. The molecule has 2 atom stereocenters. The molecule has 17 heavy (non-hydrogen) atoms. The van der Waals surface area contributed by atoms with E-state index in [0.717, 1.165) is 18.4 Å². The lowest BCUT2D eigenvalue weighted by Crippen LogP contribution is -2.26. The number of aromatic nitrogens is 2. The third-order valence-corrected chi connectivity index (χ3v) is 4.25. The molecule has 2 saturated heterocycles. The summed E-state index contributed by atoms with van der Waals surface area (Å²) in [6.45, 7) is 8.30. The van der Waals surface area contributed by atoms with Crippen LogP contribution in [0.2, 0.25) is 0 Å². The predicted molar refractivity (Wildman–Crippen MR) is 67.7 cm³/mol. The fourth-order valence-electron chi connectivity index (χ4n) is 3.50. The van der Waals surface area contributed by atoms with E-state index >= 15 is 0 Å². The molecule has 0 radical (unpaired) electrons. The zero-order valence-corrected chi connectivity index (χ0v) is 11.1. The van der Waals surface area contributed by atoms with Gasteiger partial charge in [-0.05, 0) is 25.8 Å². The summed E-state index contributed by atoms with van der Waals surface area (Å²) in [7, 11) is 4.25. The van der Waals surface area contributed by atoms with Crippen molar-refractivity contribution in [1.29, 1.82) is 0 Å². The van der Waals surface area contributed by atoms with Crippen LogP contribution in [0.4, 0.5) is 0 Å². The van der Waals surface area contributed by atoms with Crippen molar-refractivity contribution >= 4 is 0 Å². The molecule has 0 N–H and O–H groups in total. The lowest BCUT2D eigenvalue weighted by Gasteiger charge is -2.18. The summed E-state index contributed by atoms with van der Waals surface area (Å²) in [5, 5.41) is 4.42. The van der Waals surface area contributed by atoms with E-state index in [0.29, 0.717) is 0 Å². The van der Waals surface area contributed by atoms with E-state index in [1.54, 1.807) is 0 Å². The fourth-order valence-corrected chi connectivity index (χ4v) is 3.50.